The first-order chi connectivity index (χ1) is 14.4. The summed E-state index contributed by atoms with van der Waals surface area (Å²) in [6.07, 6.45) is 1.15. The lowest BCUT2D eigenvalue weighted by Crippen LogP contribution is -2.35. The fourth-order valence-corrected chi connectivity index (χ4v) is 2.69. The summed E-state index contributed by atoms with van der Waals surface area (Å²) in [5.74, 6) is -1.97. The molecule has 8 nitrogen and oxygen atoms in total. The molecule has 2 aromatic carbocycles. The minimum atomic E-state index is -0.925. The van der Waals surface area contributed by atoms with E-state index in [1.807, 2.05) is 25.1 Å². The van der Waals surface area contributed by atoms with Gasteiger partial charge >= 0.3 is 11.7 Å². The number of hydrogen-bond acceptors (Lipinski definition) is 5. The van der Waals surface area contributed by atoms with Crippen LogP contribution in [0.4, 0.5) is 11.4 Å². The van der Waals surface area contributed by atoms with Gasteiger partial charge in [0, 0.05) is 17.8 Å². The summed E-state index contributed by atoms with van der Waals surface area (Å²) in [4.78, 5) is 36.8. The highest BCUT2D eigenvalue weighted by Gasteiger charge is 2.19. The summed E-state index contributed by atoms with van der Waals surface area (Å²) in [6, 6.07) is 18.0. The first-order valence-electron chi connectivity index (χ1n) is 9.06. The Kier molecular flexibility index (Phi) is 6.39. The average Bonchev–Trinajstić information content (AvgIpc) is 2.73. The molecule has 3 rings (SSSR count). The summed E-state index contributed by atoms with van der Waals surface area (Å²) in [7, 11) is 0. The Morgan fingerprint density at radius 2 is 1.73 bits per heavy atom. The number of benzene rings is 2. The van der Waals surface area contributed by atoms with Crippen molar-refractivity contribution in [2.45, 2.75) is 6.92 Å². The Morgan fingerprint density at radius 3 is 2.50 bits per heavy atom. The smallest absolute Gasteiger partial charge is 0.405 e. The molecular formula is C22H19N3O5. The molecule has 8 heteroatoms. The van der Waals surface area contributed by atoms with Gasteiger partial charge < -0.3 is 20.6 Å². The molecule has 0 spiro atoms. The van der Waals surface area contributed by atoms with E-state index in [1.54, 1.807) is 30.3 Å². The number of nitrogens with one attached hydrogen (secondary N) is 2. The van der Waals surface area contributed by atoms with Crippen molar-refractivity contribution in [3.05, 3.63) is 95.0 Å². The normalized spacial score (nSPS) is 10.2. The zero-order valence-electron chi connectivity index (χ0n) is 16.1. The van der Waals surface area contributed by atoms with Gasteiger partial charge in [0.1, 0.15) is 0 Å². The number of carbonyl (C=O) groups excluding carboxylic acids is 3. The van der Waals surface area contributed by atoms with Crippen LogP contribution in [0, 0.1) is 12.1 Å². The molecule has 2 amide bonds. The predicted molar refractivity (Wildman–Crippen MR) is 110 cm³/mol. The molecule has 0 aliphatic carbocycles. The summed E-state index contributed by atoms with van der Waals surface area (Å²) in [6.45, 7) is 1.30. The Morgan fingerprint density at radius 1 is 0.967 bits per heavy atom. The average molecular weight is 405 g/mol. The van der Waals surface area contributed by atoms with Crippen molar-refractivity contribution in [2.24, 2.45) is 0 Å². The van der Waals surface area contributed by atoms with Crippen LogP contribution in [0.3, 0.4) is 0 Å². The van der Waals surface area contributed by atoms with Crippen LogP contribution in [-0.2, 0) is 9.53 Å². The molecule has 3 aromatic rings. The molecule has 0 atom stereocenters. The van der Waals surface area contributed by atoms with Gasteiger partial charge in [-0.25, -0.2) is 4.79 Å². The lowest BCUT2D eigenvalue weighted by molar-refractivity contribution is -0.608. The van der Waals surface area contributed by atoms with E-state index in [4.69, 9.17) is 4.74 Å². The molecule has 0 bridgehead atoms. The Hall–Kier alpha value is -4.20. The lowest BCUT2D eigenvalue weighted by Gasteiger charge is -2.12. The summed E-state index contributed by atoms with van der Waals surface area (Å²) in [5.41, 5.74) is 1.91. The molecule has 0 saturated heterocycles. The zero-order chi connectivity index (χ0) is 21.5. The number of carbonyl (C=O) groups is 3. The van der Waals surface area contributed by atoms with E-state index in [-0.39, 0.29) is 16.9 Å². The second-order valence-corrected chi connectivity index (χ2v) is 6.41. The van der Waals surface area contributed by atoms with Crippen molar-refractivity contribution >= 4 is 29.2 Å². The number of aromatic nitrogens is 1. The quantitative estimate of drug-likeness (QED) is 0.372. The van der Waals surface area contributed by atoms with E-state index in [9.17, 15) is 19.6 Å². The topological polar surface area (TPSA) is 111 Å². The van der Waals surface area contributed by atoms with Crippen molar-refractivity contribution in [3.8, 4) is 0 Å². The molecule has 30 heavy (non-hydrogen) atoms. The Balaban J connectivity index is 1.64. The minimum absolute atomic E-state index is 0.233. The van der Waals surface area contributed by atoms with Gasteiger partial charge in [-0.3, -0.25) is 9.59 Å². The lowest BCUT2D eigenvalue weighted by atomic mass is 10.1. The number of aryl methyl sites for hydroxylation is 1. The third kappa shape index (κ3) is 5.20. The first kappa shape index (κ1) is 20.5. The van der Waals surface area contributed by atoms with Crippen LogP contribution >= 0.6 is 0 Å². The minimum Gasteiger partial charge on any atom is -0.618 e. The van der Waals surface area contributed by atoms with E-state index in [1.165, 1.54) is 18.2 Å². The van der Waals surface area contributed by atoms with Crippen molar-refractivity contribution in [1.82, 2.24) is 0 Å². The summed E-state index contributed by atoms with van der Waals surface area (Å²) < 4.78 is 5.23. The molecule has 152 valence electrons. The number of pyridine rings is 1. The summed E-state index contributed by atoms with van der Waals surface area (Å²) in [5, 5.41) is 16.9. The van der Waals surface area contributed by atoms with Gasteiger partial charge in [-0.1, -0.05) is 24.3 Å². The molecule has 1 heterocycles. The van der Waals surface area contributed by atoms with Crippen LogP contribution in [0.15, 0.2) is 72.9 Å². The maximum Gasteiger partial charge on any atom is 0.405 e. The van der Waals surface area contributed by atoms with Crippen molar-refractivity contribution in [2.75, 3.05) is 17.2 Å². The number of ether oxygens (including phenoxy) is 1. The van der Waals surface area contributed by atoms with Crippen molar-refractivity contribution < 1.29 is 23.9 Å². The Bertz CT molecular complexity index is 1100. The fraction of sp³-hybridized carbons (Fsp3) is 0.0909. The van der Waals surface area contributed by atoms with Crippen LogP contribution in [0.1, 0.15) is 26.4 Å². The second kappa shape index (κ2) is 9.33. The van der Waals surface area contributed by atoms with Crippen LogP contribution in [-0.4, -0.2) is 24.4 Å². The molecule has 0 unspecified atom stereocenters. The number of nitrogens with zero attached hydrogens (tertiary/aromatic N) is 1. The van der Waals surface area contributed by atoms with E-state index >= 15 is 0 Å². The van der Waals surface area contributed by atoms with Gasteiger partial charge in [-0.2, -0.15) is 4.73 Å². The SMILES string of the molecule is Cc1cccc(NC(=O)c2ccccc2NC(=O)COC(=O)c2cccc[n+]2[O-])c1. The van der Waals surface area contributed by atoms with Crippen molar-refractivity contribution in [1.29, 1.82) is 0 Å². The number of amides is 2. The van der Waals surface area contributed by atoms with E-state index < -0.39 is 24.4 Å². The highest BCUT2D eigenvalue weighted by atomic mass is 16.5. The van der Waals surface area contributed by atoms with Gasteiger partial charge in [0.15, 0.2) is 12.8 Å². The van der Waals surface area contributed by atoms with Crippen LogP contribution in [0.2, 0.25) is 0 Å². The third-order valence-electron chi connectivity index (χ3n) is 4.09. The monoisotopic (exact) mass is 405 g/mol. The van der Waals surface area contributed by atoms with Crippen molar-refractivity contribution in [3.63, 3.8) is 0 Å². The zero-order valence-corrected chi connectivity index (χ0v) is 16.1. The number of anilines is 2. The molecule has 0 aliphatic heterocycles. The highest BCUT2D eigenvalue weighted by molar-refractivity contribution is 6.10. The van der Waals surface area contributed by atoms with Gasteiger partial charge in [0.05, 0.1) is 11.3 Å². The van der Waals surface area contributed by atoms with Gasteiger partial charge in [0.25, 0.3) is 11.8 Å². The van der Waals surface area contributed by atoms with Gasteiger partial charge in [0.2, 0.25) is 0 Å². The van der Waals surface area contributed by atoms with Crippen LogP contribution in [0.25, 0.3) is 0 Å². The van der Waals surface area contributed by atoms with E-state index in [0.29, 0.717) is 10.4 Å². The maximum absolute atomic E-state index is 12.6. The molecule has 2 N–H and O–H groups in total. The third-order valence-corrected chi connectivity index (χ3v) is 4.09. The molecule has 0 radical (unpaired) electrons. The first-order valence-corrected chi connectivity index (χ1v) is 9.06. The Labute approximate surface area is 172 Å². The number of para-hydroxylation sites is 1. The maximum atomic E-state index is 12.6. The largest absolute Gasteiger partial charge is 0.618 e. The highest BCUT2D eigenvalue weighted by Crippen LogP contribution is 2.18. The standard InChI is InChI=1S/C22H19N3O5/c1-15-7-6-8-16(13-15)23-21(27)17-9-2-3-10-18(17)24-20(26)14-30-22(28)19-11-4-5-12-25(19)29/h2-13H,14H2,1H3,(H,23,27)(H,24,26). The molecule has 0 fully saturated rings. The second-order valence-electron chi connectivity index (χ2n) is 6.41. The molecular weight excluding hydrogens is 386 g/mol. The van der Waals surface area contributed by atoms with Gasteiger partial charge in [-0.05, 0) is 42.8 Å². The van der Waals surface area contributed by atoms with Crippen LogP contribution in [0.5, 0.6) is 0 Å². The van der Waals surface area contributed by atoms with E-state index in [0.717, 1.165) is 11.8 Å². The number of hydrogen-bond donors (Lipinski definition) is 2. The molecule has 0 aliphatic rings. The predicted octanol–water partition coefficient (Wildman–Crippen LogP) is 2.68. The number of rotatable bonds is 6. The van der Waals surface area contributed by atoms with E-state index in [2.05, 4.69) is 10.6 Å². The van der Waals surface area contributed by atoms with Crippen LogP contribution < -0.4 is 15.4 Å². The fourth-order valence-electron chi connectivity index (χ4n) is 2.69. The summed E-state index contributed by atoms with van der Waals surface area (Å²) >= 11 is 0. The molecule has 1 aromatic heterocycles. The number of esters is 1. The van der Waals surface area contributed by atoms with Gasteiger partial charge in [-0.15, -0.1) is 0 Å². The molecule has 0 saturated carbocycles.